The first-order valence-electron chi connectivity index (χ1n) is 6.27. The van der Waals surface area contributed by atoms with E-state index in [2.05, 4.69) is 20.9 Å². The number of aliphatic hydroxyl groups is 1. The summed E-state index contributed by atoms with van der Waals surface area (Å²) in [4.78, 5) is 3.14. The lowest BCUT2D eigenvalue weighted by Gasteiger charge is -2.14. The van der Waals surface area contributed by atoms with Crippen LogP contribution in [0.25, 0.3) is 10.9 Å². The number of fused-ring (bicyclic) bond motifs is 1. The number of hydrogen-bond acceptors (Lipinski definition) is 2. The average molecular weight is 332 g/mol. The Morgan fingerprint density at radius 1 is 1.15 bits per heavy atom. The highest BCUT2D eigenvalue weighted by atomic mass is 79.9. The molecule has 0 saturated heterocycles. The fourth-order valence-electron chi connectivity index (χ4n) is 2.28. The summed E-state index contributed by atoms with van der Waals surface area (Å²) in [6.07, 6.45) is 1.20. The number of hydrogen-bond donors (Lipinski definition) is 2. The fraction of sp³-hybridized carbons (Fsp3) is 0.125. The number of aliphatic hydroxyl groups excluding tert-OH is 1. The standard InChI is InChI=1S/C16H14BrNO2/c1-20-12-3-4-14(17)13(9-12)16(19)11-2-5-15-10(8-11)6-7-18-15/h2-9,16,18-19H,1H3. The largest absolute Gasteiger partial charge is 0.497 e. The molecule has 3 rings (SSSR count). The minimum atomic E-state index is -0.696. The number of halogens is 1. The molecule has 3 nitrogen and oxygen atoms in total. The van der Waals surface area contributed by atoms with Gasteiger partial charge in [0.15, 0.2) is 0 Å². The molecule has 2 aromatic carbocycles. The molecule has 1 heterocycles. The van der Waals surface area contributed by atoms with Crippen LogP contribution < -0.4 is 4.74 Å². The number of aromatic nitrogens is 1. The summed E-state index contributed by atoms with van der Waals surface area (Å²) in [5.74, 6) is 0.727. The number of nitrogens with one attached hydrogen (secondary N) is 1. The maximum Gasteiger partial charge on any atom is 0.119 e. The molecule has 3 aromatic rings. The molecule has 0 aliphatic rings. The lowest BCUT2D eigenvalue weighted by atomic mass is 10.00. The van der Waals surface area contributed by atoms with Gasteiger partial charge < -0.3 is 14.8 Å². The first-order chi connectivity index (χ1) is 9.69. The van der Waals surface area contributed by atoms with Crippen LogP contribution in [-0.2, 0) is 0 Å². The number of H-pyrrole nitrogens is 1. The van der Waals surface area contributed by atoms with Gasteiger partial charge in [-0.3, -0.25) is 0 Å². The van der Waals surface area contributed by atoms with Crippen molar-refractivity contribution < 1.29 is 9.84 Å². The van der Waals surface area contributed by atoms with Gasteiger partial charge in [0.25, 0.3) is 0 Å². The van der Waals surface area contributed by atoms with E-state index in [-0.39, 0.29) is 0 Å². The molecule has 1 unspecified atom stereocenters. The van der Waals surface area contributed by atoms with E-state index in [1.54, 1.807) is 7.11 Å². The van der Waals surface area contributed by atoms with Crippen molar-refractivity contribution in [1.29, 1.82) is 0 Å². The number of benzene rings is 2. The van der Waals surface area contributed by atoms with Crippen molar-refractivity contribution in [3.8, 4) is 5.75 Å². The molecule has 1 atom stereocenters. The Labute approximate surface area is 125 Å². The monoisotopic (exact) mass is 331 g/mol. The van der Waals surface area contributed by atoms with Crippen LogP contribution in [0, 0.1) is 0 Å². The molecule has 0 amide bonds. The van der Waals surface area contributed by atoms with Gasteiger partial charge in [-0.2, -0.15) is 0 Å². The summed E-state index contributed by atoms with van der Waals surface area (Å²) in [5, 5.41) is 11.7. The normalized spacial score (nSPS) is 12.6. The number of ether oxygens (including phenoxy) is 1. The molecule has 20 heavy (non-hydrogen) atoms. The smallest absolute Gasteiger partial charge is 0.119 e. The van der Waals surface area contributed by atoms with Crippen LogP contribution in [0.2, 0.25) is 0 Å². The third-order valence-electron chi connectivity index (χ3n) is 3.39. The third-order valence-corrected chi connectivity index (χ3v) is 4.11. The molecule has 102 valence electrons. The fourth-order valence-corrected chi connectivity index (χ4v) is 2.74. The Hall–Kier alpha value is -1.78. The maximum absolute atomic E-state index is 10.6. The number of methoxy groups -OCH3 is 1. The van der Waals surface area contributed by atoms with E-state index in [0.717, 1.165) is 32.3 Å². The molecule has 0 aliphatic heterocycles. The van der Waals surface area contributed by atoms with Crippen LogP contribution in [-0.4, -0.2) is 17.2 Å². The Balaban J connectivity index is 2.04. The highest BCUT2D eigenvalue weighted by molar-refractivity contribution is 9.10. The lowest BCUT2D eigenvalue weighted by molar-refractivity contribution is 0.219. The molecule has 0 fully saturated rings. The van der Waals surface area contributed by atoms with Crippen LogP contribution in [0.15, 0.2) is 53.1 Å². The summed E-state index contributed by atoms with van der Waals surface area (Å²) in [7, 11) is 1.62. The predicted molar refractivity (Wildman–Crippen MR) is 83.1 cm³/mol. The highest BCUT2D eigenvalue weighted by Gasteiger charge is 2.15. The molecule has 0 saturated carbocycles. The highest BCUT2D eigenvalue weighted by Crippen LogP contribution is 2.32. The van der Waals surface area contributed by atoms with Gasteiger partial charge in [-0.05, 0) is 47.3 Å². The van der Waals surface area contributed by atoms with Crippen LogP contribution in [0.5, 0.6) is 5.75 Å². The molecule has 0 spiro atoms. The Morgan fingerprint density at radius 3 is 2.80 bits per heavy atom. The topological polar surface area (TPSA) is 45.2 Å². The minimum absolute atomic E-state index is 0.696. The summed E-state index contributed by atoms with van der Waals surface area (Å²) >= 11 is 3.48. The van der Waals surface area contributed by atoms with Crippen LogP contribution in [0.1, 0.15) is 17.2 Å². The Kier molecular flexibility index (Phi) is 3.51. The van der Waals surface area contributed by atoms with Gasteiger partial charge in [-0.25, -0.2) is 0 Å². The van der Waals surface area contributed by atoms with Crippen molar-refractivity contribution in [1.82, 2.24) is 4.98 Å². The van der Waals surface area contributed by atoms with Crippen molar-refractivity contribution in [2.75, 3.05) is 7.11 Å². The van der Waals surface area contributed by atoms with E-state index >= 15 is 0 Å². The Bertz CT molecular complexity index is 751. The van der Waals surface area contributed by atoms with Crippen molar-refractivity contribution in [3.05, 3.63) is 64.3 Å². The van der Waals surface area contributed by atoms with Gasteiger partial charge in [0.1, 0.15) is 11.9 Å². The van der Waals surface area contributed by atoms with Crippen molar-refractivity contribution in [3.63, 3.8) is 0 Å². The summed E-state index contributed by atoms with van der Waals surface area (Å²) in [5.41, 5.74) is 2.70. The van der Waals surface area contributed by atoms with E-state index in [4.69, 9.17) is 4.74 Å². The average Bonchev–Trinajstić information content (AvgIpc) is 2.94. The van der Waals surface area contributed by atoms with E-state index in [1.807, 2.05) is 48.7 Å². The molecular formula is C16H14BrNO2. The van der Waals surface area contributed by atoms with Gasteiger partial charge in [0.05, 0.1) is 7.11 Å². The van der Waals surface area contributed by atoms with Gasteiger partial charge in [0.2, 0.25) is 0 Å². The van der Waals surface area contributed by atoms with Crippen molar-refractivity contribution in [2.45, 2.75) is 6.10 Å². The molecule has 2 N–H and O–H groups in total. The number of rotatable bonds is 3. The van der Waals surface area contributed by atoms with E-state index in [0.29, 0.717) is 0 Å². The summed E-state index contributed by atoms with van der Waals surface area (Å²) in [6.45, 7) is 0. The molecule has 0 bridgehead atoms. The second kappa shape index (κ2) is 5.31. The lowest BCUT2D eigenvalue weighted by Crippen LogP contribution is -2.01. The first kappa shape index (κ1) is 13.2. The summed E-state index contributed by atoms with van der Waals surface area (Å²) < 4.78 is 6.08. The second-order valence-corrected chi connectivity index (χ2v) is 5.47. The number of aromatic amines is 1. The van der Waals surface area contributed by atoms with Crippen LogP contribution >= 0.6 is 15.9 Å². The van der Waals surface area contributed by atoms with Gasteiger partial charge in [-0.15, -0.1) is 0 Å². The zero-order valence-electron chi connectivity index (χ0n) is 10.9. The third kappa shape index (κ3) is 2.32. The maximum atomic E-state index is 10.6. The molecular weight excluding hydrogens is 318 g/mol. The summed E-state index contributed by atoms with van der Waals surface area (Å²) in [6, 6.07) is 13.5. The molecule has 0 radical (unpaired) electrons. The van der Waals surface area contributed by atoms with Crippen molar-refractivity contribution >= 4 is 26.8 Å². The predicted octanol–water partition coefficient (Wildman–Crippen LogP) is 4.02. The van der Waals surface area contributed by atoms with E-state index in [9.17, 15) is 5.11 Å². The zero-order valence-corrected chi connectivity index (χ0v) is 12.5. The Morgan fingerprint density at radius 2 is 2.00 bits per heavy atom. The van der Waals surface area contributed by atoms with Gasteiger partial charge >= 0.3 is 0 Å². The molecule has 4 heteroatoms. The quantitative estimate of drug-likeness (QED) is 0.761. The first-order valence-corrected chi connectivity index (χ1v) is 7.07. The van der Waals surface area contributed by atoms with Crippen molar-refractivity contribution in [2.24, 2.45) is 0 Å². The van der Waals surface area contributed by atoms with E-state index < -0.39 is 6.10 Å². The van der Waals surface area contributed by atoms with Gasteiger partial charge in [-0.1, -0.05) is 22.0 Å². The molecule has 1 aromatic heterocycles. The zero-order chi connectivity index (χ0) is 14.1. The second-order valence-electron chi connectivity index (χ2n) is 4.61. The van der Waals surface area contributed by atoms with Crippen LogP contribution in [0.3, 0.4) is 0 Å². The van der Waals surface area contributed by atoms with E-state index in [1.165, 1.54) is 0 Å². The minimum Gasteiger partial charge on any atom is -0.497 e. The van der Waals surface area contributed by atoms with Crippen LogP contribution in [0.4, 0.5) is 0 Å². The molecule has 0 aliphatic carbocycles. The van der Waals surface area contributed by atoms with Gasteiger partial charge in [0, 0.05) is 21.7 Å². The SMILES string of the molecule is COc1ccc(Br)c(C(O)c2ccc3[nH]ccc3c2)c1.